The molecule has 3 rings (SSSR count). The second kappa shape index (κ2) is 8.56. The van der Waals surface area contributed by atoms with E-state index in [2.05, 4.69) is 16.3 Å². The zero-order valence-corrected chi connectivity index (χ0v) is 16.0. The topological polar surface area (TPSA) is 84.7 Å². The lowest BCUT2D eigenvalue weighted by atomic mass is 9.97. The third kappa shape index (κ3) is 3.98. The van der Waals surface area contributed by atoms with Gasteiger partial charge in [0.15, 0.2) is 0 Å². The van der Waals surface area contributed by atoms with Crippen LogP contribution in [0.5, 0.6) is 5.75 Å². The summed E-state index contributed by atoms with van der Waals surface area (Å²) in [5, 5.41) is 13.6. The van der Waals surface area contributed by atoms with Gasteiger partial charge in [-0.05, 0) is 31.1 Å². The average molecular weight is 381 g/mol. The molecule has 0 aromatic heterocycles. The number of hydrogen-bond donors (Lipinski definition) is 1. The van der Waals surface area contributed by atoms with Crippen molar-refractivity contribution in [1.82, 2.24) is 5.32 Å². The van der Waals surface area contributed by atoms with Crippen molar-refractivity contribution in [2.24, 2.45) is 0 Å². The molecule has 0 unspecified atom stereocenters. The van der Waals surface area contributed by atoms with Gasteiger partial charge in [-0.3, -0.25) is 14.9 Å². The second-order valence-electron chi connectivity index (χ2n) is 6.39. The van der Waals surface area contributed by atoms with Crippen LogP contribution in [0.2, 0.25) is 0 Å². The molecule has 2 aromatic rings. The fraction of sp³-hybridized carbons (Fsp3) is 0.286. The average Bonchev–Trinajstić information content (AvgIpc) is 2.73. The summed E-state index contributed by atoms with van der Waals surface area (Å²) in [4.78, 5) is 24.9. The predicted octanol–water partition coefficient (Wildman–Crippen LogP) is 3.65. The van der Waals surface area contributed by atoms with Gasteiger partial charge < -0.3 is 15.0 Å². The number of nitro benzene ring substituents is 1. The zero-order valence-electron chi connectivity index (χ0n) is 16.0. The molecule has 0 aliphatic carbocycles. The van der Waals surface area contributed by atoms with Crippen molar-refractivity contribution in [3.63, 3.8) is 0 Å². The molecule has 1 amide bonds. The largest absolute Gasteiger partial charge is 0.493 e. The van der Waals surface area contributed by atoms with E-state index in [-0.39, 0.29) is 11.6 Å². The molecular formula is C21H23N3O4. The molecule has 7 nitrogen and oxygen atoms in total. The Labute approximate surface area is 163 Å². The van der Waals surface area contributed by atoms with E-state index in [0.29, 0.717) is 30.9 Å². The first kappa shape index (κ1) is 19.4. The molecule has 0 bridgehead atoms. The molecule has 0 spiro atoms. The van der Waals surface area contributed by atoms with Crippen LogP contribution in [-0.2, 0) is 0 Å². The second-order valence-corrected chi connectivity index (χ2v) is 6.39. The van der Waals surface area contributed by atoms with Gasteiger partial charge in [0.1, 0.15) is 5.75 Å². The molecule has 7 heteroatoms. The van der Waals surface area contributed by atoms with Gasteiger partial charge in [-0.2, -0.15) is 0 Å². The van der Waals surface area contributed by atoms with Gasteiger partial charge >= 0.3 is 0 Å². The molecule has 1 aliphatic rings. The van der Waals surface area contributed by atoms with Crippen LogP contribution in [0, 0.1) is 10.1 Å². The fourth-order valence-corrected chi connectivity index (χ4v) is 3.38. The minimum absolute atomic E-state index is 0.0961. The first-order valence-corrected chi connectivity index (χ1v) is 9.21. The normalized spacial score (nSPS) is 13.6. The van der Waals surface area contributed by atoms with Gasteiger partial charge in [-0.15, -0.1) is 0 Å². The Morgan fingerprint density at radius 1 is 1.29 bits per heavy atom. The standard InChI is InChI=1S/C21H23N3O4/c1-3-28-20-7-5-4-6-17(20)15-10-12-23(13-11-15)19-9-8-16(24(26)27)14-18(19)21(25)22-2/h4-10,14H,3,11-13H2,1-2H3,(H,22,25). The first-order chi connectivity index (χ1) is 13.5. The molecule has 0 saturated heterocycles. The lowest BCUT2D eigenvalue weighted by Gasteiger charge is -2.30. The van der Waals surface area contributed by atoms with E-state index in [1.54, 1.807) is 6.07 Å². The van der Waals surface area contributed by atoms with Crippen molar-refractivity contribution in [2.75, 3.05) is 31.6 Å². The molecule has 0 radical (unpaired) electrons. The SMILES string of the molecule is CCOc1ccccc1C1=CCN(c2ccc([N+](=O)[O-])cc2C(=O)NC)CC1. The number of para-hydroxylation sites is 1. The molecule has 0 atom stereocenters. The number of carbonyl (C=O) groups excluding carboxylic acids is 1. The Morgan fingerprint density at radius 2 is 2.07 bits per heavy atom. The molecule has 0 fully saturated rings. The van der Waals surface area contributed by atoms with Gasteiger partial charge in [-0.1, -0.05) is 24.3 Å². The maximum atomic E-state index is 12.3. The van der Waals surface area contributed by atoms with E-state index < -0.39 is 4.92 Å². The van der Waals surface area contributed by atoms with E-state index in [1.165, 1.54) is 24.8 Å². The van der Waals surface area contributed by atoms with Crippen molar-refractivity contribution < 1.29 is 14.5 Å². The molecule has 1 heterocycles. The summed E-state index contributed by atoms with van der Waals surface area (Å²) in [5.74, 6) is 0.529. The number of amides is 1. The maximum Gasteiger partial charge on any atom is 0.270 e. The summed E-state index contributed by atoms with van der Waals surface area (Å²) >= 11 is 0. The van der Waals surface area contributed by atoms with E-state index in [0.717, 1.165) is 17.7 Å². The van der Waals surface area contributed by atoms with Crippen molar-refractivity contribution in [3.05, 3.63) is 69.8 Å². The van der Waals surface area contributed by atoms with E-state index in [4.69, 9.17) is 4.74 Å². The molecular weight excluding hydrogens is 358 g/mol. The number of hydrogen-bond acceptors (Lipinski definition) is 5. The van der Waals surface area contributed by atoms with Crippen LogP contribution in [0.25, 0.3) is 5.57 Å². The summed E-state index contributed by atoms with van der Waals surface area (Å²) < 4.78 is 5.73. The quantitative estimate of drug-likeness (QED) is 0.610. The Hall–Kier alpha value is -3.35. The van der Waals surface area contributed by atoms with E-state index in [9.17, 15) is 14.9 Å². The third-order valence-electron chi connectivity index (χ3n) is 4.75. The van der Waals surface area contributed by atoms with Gasteiger partial charge in [0.05, 0.1) is 22.8 Å². The van der Waals surface area contributed by atoms with Gasteiger partial charge in [0.25, 0.3) is 11.6 Å². The van der Waals surface area contributed by atoms with E-state index >= 15 is 0 Å². The predicted molar refractivity (Wildman–Crippen MR) is 109 cm³/mol. The Balaban J connectivity index is 1.89. The van der Waals surface area contributed by atoms with E-state index in [1.807, 2.05) is 31.2 Å². The molecule has 146 valence electrons. The number of benzene rings is 2. The van der Waals surface area contributed by atoms with Crippen LogP contribution in [0.1, 0.15) is 29.3 Å². The van der Waals surface area contributed by atoms with Crippen molar-refractivity contribution in [2.45, 2.75) is 13.3 Å². The zero-order chi connectivity index (χ0) is 20.1. The van der Waals surface area contributed by atoms with Crippen LogP contribution in [0.4, 0.5) is 11.4 Å². The molecule has 0 saturated carbocycles. The van der Waals surface area contributed by atoms with Crippen LogP contribution < -0.4 is 15.0 Å². The number of anilines is 1. The summed E-state index contributed by atoms with van der Waals surface area (Å²) in [6.07, 6.45) is 2.91. The summed E-state index contributed by atoms with van der Waals surface area (Å²) in [6.45, 7) is 3.88. The molecule has 1 aliphatic heterocycles. The number of ether oxygens (including phenoxy) is 1. The van der Waals surface area contributed by atoms with Crippen LogP contribution >= 0.6 is 0 Å². The number of nitrogens with zero attached hydrogens (tertiary/aromatic N) is 2. The van der Waals surface area contributed by atoms with Crippen molar-refractivity contribution >= 4 is 22.9 Å². The highest BCUT2D eigenvalue weighted by Crippen LogP contribution is 2.33. The number of nitro groups is 1. The summed E-state index contributed by atoms with van der Waals surface area (Å²) in [7, 11) is 1.52. The number of nitrogens with one attached hydrogen (secondary N) is 1. The minimum Gasteiger partial charge on any atom is -0.493 e. The fourth-order valence-electron chi connectivity index (χ4n) is 3.38. The maximum absolute atomic E-state index is 12.3. The number of carbonyl (C=O) groups is 1. The van der Waals surface area contributed by atoms with Crippen LogP contribution in [0.15, 0.2) is 48.5 Å². The number of non-ortho nitro benzene ring substituents is 1. The monoisotopic (exact) mass is 381 g/mol. The van der Waals surface area contributed by atoms with Crippen LogP contribution in [0.3, 0.4) is 0 Å². The van der Waals surface area contributed by atoms with Gasteiger partial charge in [0.2, 0.25) is 0 Å². The Morgan fingerprint density at radius 3 is 2.71 bits per heavy atom. The van der Waals surface area contributed by atoms with Gasteiger partial charge in [0, 0.05) is 37.8 Å². The molecule has 1 N–H and O–H groups in total. The highest BCUT2D eigenvalue weighted by atomic mass is 16.6. The molecule has 2 aromatic carbocycles. The van der Waals surface area contributed by atoms with Crippen molar-refractivity contribution in [1.29, 1.82) is 0 Å². The highest BCUT2D eigenvalue weighted by Gasteiger charge is 2.22. The first-order valence-electron chi connectivity index (χ1n) is 9.21. The summed E-state index contributed by atoms with van der Waals surface area (Å²) in [6, 6.07) is 12.4. The van der Waals surface area contributed by atoms with Crippen LogP contribution in [-0.4, -0.2) is 37.6 Å². The highest BCUT2D eigenvalue weighted by molar-refractivity contribution is 6.00. The lowest BCUT2D eigenvalue weighted by molar-refractivity contribution is -0.384. The van der Waals surface area contributed by atoms with Gasteiger partial charge in [-0.25, -0.2) is 0 Å². The Kier molecular flexibility index (Phi) is 5.93. The Bertz CT molecular complexity index is 924. The minimum atomic E-state index is -0.491. The third-order valence-corrected chi connectivity index (χ3v) is 4.75. The smallest absolute Gasteiger partial charge is 0.270 e. The molecule has 28 heavy (non-hydrogen) atoms. The van der Waals surface area contributed by atoms with Crippen molar-refractivity contribution in [3.8, 4) is 5.75 Å². The number of rotatable bonds is 6. The lowest BCUT2D eigenvalue weighted by Crippen LogP contribution is -2.31. The summed E-state index contributed by atoms with van der Waals surface area (Å²) in [5.41, 5.74) is 3.19.